The molecule has 0 bridgehead atoms. The SMILES string of the molecule is COP(=O)(O)OC[C@H](NC(=O)OCC1c2ccccc2-c2ccccc21)C(=O)O. The molecule has 0 aromatic heterocycles. The van der Waals surface area contributed by atoms with E-state index in [1.165, 1.54) is 0 Å². The lowest BCUT2D eigenvalue weighted by molar-refractivity contribution is -0.140. The lowest BCUT2D eigenvalue weighted by Crippen LogP contribution is -2.44. The molecule has 0 heterocycles. The Morgan fingerprint density at radius 1 is 1.10 bits per heavy atom. The molecule has 1 aliphatic rings. The number of carboxylic acid groups (broad SMARTS) is 1. The van der Waals surface area contributed by atoms with E-state index in [-0.39, 0.29) is 12.5 Å². The van der Waals surface area contributed by atoms with Gasteiger partial charge in [0.15, 0.2) is 6.04 Å². The number of nitrogens with one attached hydrogen (secondary N) is 1. The summed E-state index contributed by atoms with van der Waals surface area (Å²) in [6.45, 7) is -0.759. The number of ether oxygens (including phenoxy) is 1. The van der Waals surface area contributed by atoms with Gasteiger partial charge in [-0.1, -0.05) is 48.5 Å². The first-order valence-electron chi connectivity index (χ1n) is 8.70. The number of amides is 1. The van der Waals surface area contributed by atoms with Crippen molar-refractivity contribution < 1.29 is 37.9 Å². The zero-order chi connectivity index (χ0) is 21.0. The molecule has 1 unspecified atom stereocenters. The van der Waals surface area contributed by atoms with Gasteiger partial charge in [-0.15, -0.1) is 0 Å². The maximum Gasteiger partial charge on any atom is 0.471 e. The third kappa shape index (κ3) is 4.83. The summed E-state index contributed by atoms with van der Waals surface area (Å²) in [5.74, 6) is -1.63. The average molecular weight is 421 g/mol. The molecule has 9 nitrogen and oxygen atoms in total. The van der Waals surface area contributed by atoms with Gasteiger partial charge in [0, 0.05) is 13.0 Å². The van der Waals surface area contributed by atoms with Crippen LogP contribution in [0.1, 0.15) is 17.0 Å². The van der Waals surface area contributed by atoms with Crippen LogP contribution in [0.15, 0.2) is 48.5 Å². The predicted octanol–water partition coefficient (Wildman–Crippen LogP) is 2.74. The van der Waals surface area contributed by atoms with Gasteiger partial charge in [0.1, 0.15) is 6.61 Å². The summed E-state index contributed by atoms with van der Waals surface area (Å²) in [5, 5.41) is 11.3. The molecule has 2 aromatic rings. The minimum atomic E-state index is -4.37. The van der Waals surface area contributed by atoms with Gasteiger partial charge in [-0.25, -0.2) is 14.2 Å². The highest BCUT2D eigenvalue weighted by molar-refractivity contribution is 7.47. The third-order valence-electron chi connectivity index (χ3n) is 4.57. The number of carboxylic acids is 1. The van der Waals surface area contributed by atoms with Crippen LogP contribution in [0.2, 0.25) is 0 Å². The largest absolute Gasteiger partial charge is 0.480 e. The van der Waals surface area contributed by atoms with Crippen LogP contribution in [0.25, 0.3) is 11.1 Å². The summed E-state index contributed by atoms with van der Waals surface area (Å²) < 4.78 is 25.3. The van der Waals surface area contributed by atoms with Gasteiger partial charge >= 0.3 is 19.9 Å². The van der Waals surface area contributed by atoms with Crippen LogP contribution in [-0.2, 0) is 23.1 Å². The van der Waals surface area contributed by atoms with Crippen molar-refractivity contribution in [3.8, 4) is 11.1 Å². The number of benzene rings is 2. The molecule has 0 saturated carbocycles. The van der Waals surface area contributed by atoms with Crippen LogP contribution in [0.4, 0.5) is 4.79 Å². The van der Waals surface area contributed by atoms with E-state index in [0.717, 1.165) is 29.4 Å². The second-order valence-corrected chi connectivity index (χ2v) is 7.87. The van der Waals surface area contributed by atoms with Crippen molar-refractivity contribution in [3.63, 3.8) is 0 Å². The van der Waals surface area contributed by atoms with E-state index in [1.807, 2.05) is 48.5 Å². The molecule has 0 saturated heterocycles. The maximum absolute atomic E-state index is 12.1. The minimum Gasteiger partial charge on any atom is -0.480 e. The van der Waals surface area contributed by atoms with Crippen LogP contribution >= 0.6 is 7.82 Å². The Bertz CT molecular complexity index is 917. The molecule has 29 heavy (non-hydrogen) atoms. The second-order valence-electron chi connectivity index (χ2n) is 6.31. The van der Waals surface area contributed by atoms with E-state index in [9.17, 15) is 19.0 Å². The number of carbonyl (C=O) groups excluding carboxylic acids is 1. The Hall–Kier alpha value is -2.71. The zero-order valence-electron chi connectivity index (χ0n) is 15.5. The number of carbonyl (C=O) groups is 2. The van der Waals surface area contributed by atoms with Gasteiger partial charge in [0.25, 0.3) is 0 Å². The fourth-order valence-electron chi connectivity index (χ4n) is 3.18. The molecule has 1 amide bonds. The number of hydrogen-bond acceptors (Lipinski definition) is 6. The van der Waals surface area contributed by atoms with Crippen molar-refractivity contribution in [1.29, 1.82) is 0 Å². The van der Waals surface area contributed by atoms with E-state index in [1.54, 1.807) is 0 Å². The molecular formula is C19H20NO8P. The molecule has 2 aromatic carbocycles. The lowest BCUT2D eigenvalue weighted by atomic mass is 9.98. The van der Waals surface area contributed by atoms with Crippen LogP contribution in [0.3, 0.4) is 0 Å². The molecule has 3 rings (SSSR count). The minimum absolute atomic E-state index is 0.00359. The Kier molecular flexibility index (Phi) is 6.34. The number of alkyl carbamates (subject to hydrolysis) is 1. The molecule has 0 radical (unpaired) electrons. The molecule has 154 valence electrons. The molecule has 1 aliphatic carbocycles. The number of phosphoric ester groups is 1. The van der Waals surface area contributed by atoms with Crippen LogP contribution in [0.5, 0.6) is 0 Å². The quantitative estimate of drug-likeness (QED) is 0.555. The van der Waals surface area contributed by atoms with Gasteiger partial charge < -0.3 is 20.1 Å². The summed E-state index contributed by atoms with van der Waals surface area (Å²) in [5.41, 5.74) is 4.15. The first kappa shape index (κ1) is 21.0. The third-order valence-corrected chi connectivity index (χ3v) is 5.51. The molecule has 0 aliphatic heterocycles. The Balaban J connectivity index is 1.64. The van der Waals surface area contributed by atoms with Gasteiger partial charge in [-0.05, 0) is 22.3 Å². The number of phosphoric acid groups is 1. The molecule has 0 spiro atoms. The molecule has 0 fully saturated rings. The van der Waals surface area contributed by atoms with Gasteiger partial charge in [-0.2, -0.15) is 0 Å². The lowest BCUT2D eigenvalue weighted by Gasteiger charge is -2.18. The zero-order valence-corrected chi connectivity index (χ0v) is 16.4. The number of fused-ring (bicyclic) bond motifs is 3. The topological polar surface area (TPSA) is 131 Å². The van der Waals surface area contributed by atoms with E-state index < -0.39 is 32.5 Å². The first-order chi connectivity index (χ1) is 13.8. The second kappa shape index (κ2) is 8.75. The number of rotatable bonds is 8. The summed E-state index contributed by atoms with van der Waals surface area (Å²) in [6, 6.07) is 14.0. The summed E-state index contributed by atoms with van der Waals surface area (Å²) >= 11 is 0. The standard InChI is InChI=1S/C19H20NO8P/c1-26-29(24,25)28-11-17(18(21)22)20-19(23)27-10-16-14-8-4-2-6-12(14)13-7-3-5-9-15(13)16/h2-9,16-17H,10-11H2,1H3,(H,20,23)(H,21,22)(H,24,25)/t17-/m0/s1. The van der Waals surface area contributed by atoms with E-state index in [4.69, 9.17) is 9.84 Å². The molecule has 2 atom stereocenters. The van der Waals surface area contributed by atoms with E-state index in [2.05, 4.69) is 14.4 Å². The van der Waals surface area contributed by atoms with Crippen molar-refractivity contribution in [2.75, 3.05) is 20.3 Å². The highest BCUT2D eigenvalue weighted by Crippen LogP contribution is 2.44. The average Bonchev–Trinajstić information content (AvgIpc) is 3.03. The monoisotopic (exact) mass is 421 g/mol. The number of aliphatic carboxylic acids is 1. The fraction of sp³-hybridized carbons (Fsp3) is 0.263. The highest BCUT2D eigenvalue weighted by Gasteiger charge is 2.30. The van der Waals surface area contributed by atoms with Crippen molar-refractivity contribution in [2.24, 2.45) is 0 Å². The molecular weight excluding hydrogens is 401 g/mol. The van der Waals surface area contributed by atoms with E-state index >= 15 is 0 Å². The Labute approximate surface area is 166 Å². The summed E-state index contributed by atoms with van der Waals surface area (Å²) in [7, 11) is -3.43. The van der Waals surface area contributed by atoms with Crippen molar-refractivity contribution in [3.05, 3.63) is 59.7 Å². The Morgan fingerprint density at radius 3 is 2.17 bits per heavy atom. The van der Waals surface area contributed by atoms with Crippen LogP contribution in [0, 0.1) is 0 Å². The maximum atomic E-state index is 12.1. The fourth-order valence-corrected chi connectivity index (χ4v) is 3.62. The van der Waals surface area contributed by atoms with Gasteiger partial charge in [0.2, 0.25) is 0 Å². The van der Waals surface area contributed by atoms with Gasteiger partial charge in [-0.3, -0.25) is 9.05 Å². The normalized spacial score (nSPS) is 15.7. The van der Waals surface area contributed by atoms with Crippen LogP contribution in [-0.4, -0.2) is 48.4 Å². The Morgan fingerprint density at radius 2 is 1.66 bits per heavy atom. The summed E-state index contributed by atoms with van der Waals surface area (Å²) in [6.07, 6.45) is -0.979. The highest BCUT2D eigenvalue weighted by atomic mass is 31.2. The first-order valence-corrected chi connectivity index (χ1v) is 10.2. The van der Waals surface area contributed by atoms with Crippen molar-refractivity contribution >= 4 is 19.9 Å². The summed E-state index contributed by atoms with van der Waals surface area (Å²) in [4.78, 5) is 32.6. The van der Waals surface area contributed by atoms with Crippen molar-refractivity contribution in [1.82, 2.24) is 5.32 Å². The van der Waals surface area contributed by atoms with Gasteiger partial charge in [0.05, 0.1) is 6.61 Å². The smallest absolute Gasteiger partial charge is 0.471 e. The van der Waals surface area contributed by atoms with Crippen molar-refractivity contribution in [2.45, 2.75) is 12.0 Å². The predicted molar refractivity (Wildman–Crippen MR) is 102 cm³/mol. The number of hydrogen-bond donors (Lipinski definition) is 3. The van der Waals surface area contributed by atoms with Crippen LogP contribution < -0.4 is 5.32 Å². The molecule has 10 heteroatoms. The van der Waals surface area contributed by atoms with E-state index in [0.29, 0.717) is 0 Å². The molecule has 3 N–H and O–H groups in total.